The molecule has 0 spiro atoms. The van der Waals surface area contributed by atoms with Crippen LogP contribution in [0.3, 0.4) is 0 Å². The number of nitrogens with zero attached hydrogens (tertiary/aromatic N) is 2. The Labute approximate surface area is 216 Å². The third-order valence-corrected chi connectivity index (χ3v) is 6.48. The van der Waals surface area contributed by atoms with Crippen LogP contribution >= 0.6 is 0 Å². The first-order chi connectivity index (χ1) is 15.2. The van der Waals surface area contributed by atoms with Gasteiger partial charge in [0.15, 0.2) is 0 Å². The second-order valence-corrected chi connectivity index (χ2v) is 9.36. The molecule has 2 fully saturated rings. The molecule has 2 aromatic carbocycles. The van der Waals surface area contributed by atoms with Crippen LogP contribution in [0, 0.1) is 52.9 Å². The molecular weight excluding hydrogens is 467 g/mol. The van der Waals surface area contributed by atoms with Crippen LogP contribution in [-0.4, -0.2) is 24.5 Å². The minimum absolute atomic E-state index is 0. The monoisotopic (exact) mass is 505 g/mol. The van der Waals surface area contributed by atoms with Crippen LogP contribution in [0.25, 0.3) is 0 Å². The molecule has 0 heterocycles. The Kier molecular flexibility index (Phi) is 11.4. The molecule has 4 rings (SSSR count). The number of aryl methyl sites for hydroxylation is 4. The zero-order valence-corrected chi connectivity index (χ0v) is 22.8. The maximum atomic E-state index is 10.3. The smallest absolute Gasteiger partial charge is 0.308 e. The van der Waals surface area contributed by atoms with Crippen LogP contribution < -0.4 is 0 Å². The fourth-order valence-electron chi connectivity index (χ4n) is 4.63. The van der Waals surface area contributed by atoms with Crippen LogP contribution in [0.4, 0.5) is 11.4 Å². The fraction of sp³-hybridized carbons (Fsp3) is 0.448. The molecule has 2 bridgehead atoms. The number of fused-ring (bicyclic) bond motifs is 2. The number of hydrogen-bond donors (Lipinski definition) is 0. The predicted molar refractivity (Wildman–Crippen MR) is 140 cm³/mol. The Morgan fingerprint density at radius 1 is 0.824 bits per heavy atom. The average Bonchev–Trinajstić information content (AvgIpc) is 3.35. The molecule has 0 saturated heterocycles. The van der Waals surface area contributed by atoms with Crippen molar-refractivity contribution in [3.63, 3.8) is 0 Å². The molecule has 2 aliphatic rings. The standard InChI is InChI=1S/C23H26N2.C5H10O2.CH3.Ni/c1-14-7-5-8-15(2)20(14)24-22-18-11-12-19(13-18)23(22)25-21-16(3)9-6-10-17(21)4;1-4(2)5(6)7-3;;/h5-10,18-19H,11-13H2,1-4H3;4H,1-3H3;1H3;/q;;-1;. The van der Waals surface area contributed by atoms with Crippen LogP contribution in [0.15, 0.2) is 46.4 Å². The van der Waals surface area contributed by atoms with Crippen molar-refractivity contribution in [2.24, 2.45) is 27.7 Å². The summed E-state index contributed by atoms with van der Waals surface area (Å²) in [7, 11) is 1.39. The molecule has 34 heavy (non-hydrogen) atoms. The van der Waals surface area contributed by atoms with E-state index in [1.807, 2.05) is 0 Å². The minimum atomic E-state index is -0.153. The van der Waals surface area contributed by atoms with E-state index in [1.165, 1.54) is 60.0 Å². The Balaban J connectivity index is 0.000000567. The van der Waals surface area contributed by atoms with Crippen molar-refractivity contribution in [1.82, 2.24) is 0 Å². The van der Waals surface area contributed by atoms with Gasteiger partial charge in [0.1, 0.15) is 0 Å². The summed E-state index contributed by atoms with van der Waals surface area (Å²) in [6.45, 7) is 12.2. The first kappa shape index (κ1) is 29.8. The van der Waals surface area contributed by atoms with E-state index in [4.69, 9.17) is 9.98 Å². The van der Waals surface area contributed by atoms with E-state index in [0.29, 0.717) is 11.8 Å². The Morgan fingerprint density at radius 2 is 1.18 bits per heavy atom. The van der Waals surface area contributed by atoms with Crippen molar-refractivity contribution >= 4 is 28.8 Å². The number of carbonyl (C=O) groups excluding carboxylic acids is 1. The molecule has 2 aliphatic carbocycles. The van der Waals surface area contributed by atoms with Gasteiger partial charge >= 0.3 is 5.97 Å². The fourth-order valence-corrected chi connectivity index (χ4v) is 4.63. The molecule has 0 aliphatic heterocycles. The normalized spacial score (nSPS) is 20.5. The van der Waals surface area contributed by atoms with Gasteiger partial charge in [0.05, 0.1) is 35.8 Å². The summed E-state index contributed by atoms with van der Waals surface area (Å²) in [5.41, 5.74) is 9.78. The van der Waals surface area contributed by atoms with Crippen LogP contribution in [-0.2, 0) is 26.0 Å². The van der Waals surface area contributed by atoms with E-state index in [2.05, 4.69) is 68.8 Å². The quantitative estimate of drug-likeness (QED) is 0.247. The zero-order valence-electron chi connectivity index (χ0n) is 21.8. The summed E-state index contributed by atoms with van der Waals surface area (Å²) in [6.07, 6.45) is 3.76. The van der Waals surface area contributed by atoms with Crippen molar-refractivity contribution < 1.29 is 26.0 Å². The van der Waals surface area contributed by atoms with Crippen LogP contribution in [0.2, 0.25) is 0 Å². The number of esters is 1. The molecule has 2 saturated carbocycles. The number of benzene rings is 2. The molecule has 2 unspecified atom stereocenters. The summed E-state index contributed by atoms with van der Waals surface area (Å²) >= 11 is 0. The molecule has 5 heteroatoms. The molecule has 2 aromatic rings. The van der Waals surface area contributed by atoms with Gasteiger partial charge in [0, 0.05) is 28.3 Å². The summed E-state index contributed by atoms with van der Waals surface area (Å²) in [4.78, 5) is 20.6. The molecular formula is C29H39N2NiO2-. The van der Waals surface area contributed by atoms with Crippen molar-refractivity contribution in [2.45, 2.75) is 60.8 Å². The van der Waals surface area contributed by atoms with Gasteiger partial charge in [0.2, 0.25) is 0 Å². The van der Waals surface area contributed by atoms with Gasteiger partial charge in [-0.1, -0.05) is 50.2 Å². The molecule has 4 nitrogen and oxygen atoms in total. The van der Waals surface area contributed by atoms with Crippen molar-refractivity contribution in [3.05, 3.63) is 66.1 Å². The minimum Gasteiger partial charge on any atom is -0.469 e. The van der Waals surface area contributed by atoms with E-state index < -0.39 is 0 Å². The van der Waals surface area contributed by atoms with Gasteiger partial charge in [-0.05, 0) is 69.2 Å². The second kappa shape index (κ2) is 13.0. The van der Waals surface area contributed by atoms with E-state index >= 15 is 0 Å². The van der Waals surface area contributed by atoms with Gasteiger partial charge in [-0.15, -0.1) is 0 Å². The van der Waals surface area contributed by atoms with Crippen LogP contribution in [0.5, 0.6) is 0 Å². The predicted octanol–water partition coefficient (Wildman–Crippen LogP) is 7.46. The average molecular weight is 506 g/mol. The summed E-state index contributed by atoms with van der Waals surface area (Å²) < 4.78 is 4.37. The first-order valence-corrected chi connectivity index (χ1v) is 11.6. The van der Waals surface area contributed by atoms with Crippen LogP contribution in [0.1, 0.15) is 55.4 Å². The molecule has 188 valence electrons. The third kappa shape index (κ3) is 6.66. The van der Waals surface area contributed by atoms with Gasteiger partial charge in [-0.25, -0.2) is 0 Å². The largest absolute Gasteiger partial charge is 0.469 e. The maximum absolute atomic E-state index is 10.3. The van der Waals surface area contributed by atoms with Gasteiger partial charge in [0.25, 0.3) is 0 Å². The zero-order chi connectivity index (χ0) is 23.4. The molecule has 2 atom stereocenters. The number of carbonyl (C=O) groups is 1. The molecule has 0 aromatic heterocycles. The van der Waals surface area contributed by atoms with Gasteiger partial charge < -0.3 is 12.2 Å². The first-order valence-electron chi connectivity index (χ1n) is 11.6. The topological polar surface area (TPSA) is 51.0 Å². The van der Waals surface area contributed by atoms with Crippen molar-refractivity contribution in [1.29, 1.82) is 0 Å². The van der Waals surface area contributed by atoms with E-state index in [0.717, 1.165) is 11.4 Å². The Hall–Kier alpha value is -2.26. The van der Waals surface area contributed by atoms with E-state index in [-0.39, 0.29) is 35.8 Å². The molecule has 0 N–H and O–H groups in total. The van der Waals surface area contributed by atoms with Gasteiger partial charge in [-0.2, -0.15) is 0 Å². The summed E-state index contributed by atoms with van der Waals surface area (Å²) in [5.74, 6) is 1.03. The van der Waals surface area contributed by atoms with Crippen molar-refractivity contribution in [3.8, 4) is 0 Å². The number of ether oxygens (including phenoxy) is 1. The summed E-state index contributed by atoms with van der Waals surface area (Å²) in [6, 6.07) is 12.8. The maximum Gasteiger partial charge on any atom is 0.308 e. The SMILES string of the molecule is COC(=O)C(C)C.Cc1cccc(C)c1N=C1C(=Nc2c(C)cccc2C)C2CCC1C2.[CH3-].[Ni]. The number of aliphatic imine (C=N–C) groups is 2. The molecule has 0 radical (unpaired) electrons. The van der Waals surface area contributed by atoms with E-state index in [9.17, 15) is 4.79 Å². The summed E-state index contributed by atoms with van der Waals surface area (Å²) in [5, 5.41) is 0. The number of para-hydroxylation sites is 2. The molecule has 0 amide bonds. The van der Waals surface area contributed by atoms with Gasteiger partial charge in [-0.3, -0.25) is 14.8 Å². The Bertz CT molecular complexity index is 942. The van der Waals surface area contributed by atoms with Crippen molar-refractivity contribution in [2.75, 3.05) is 7.11 Å². The number of hydrogen-bond acceptors (Lipinski definition) is 4. The van der Waals surface area contributed by atoms with E-state index in [1.54, 1.807) is 13.8 Å². The number of methoxy groups -OCH3 is 1. The Morgan fingerprint density at radius 3 is 1.44 bits per heavy atom. The second-order valence-electron chi connectivity index (χ2n) is 9.36. The number of rotatable bonds is 3. The third-order valence-electron chi connectivity index (χ3n) is 6.48.